The monoisotopic (exact) mass is 209 g/mol. The zero-order chi connectivity index (χ0) is 10.3. The molecule has 0 aromatic heterocycles. The number of halogens is 1. The summed E-state index contributed by atoms with van der Waals surface area (Å²) < 4.78 is 0. The molecular formula is C10H8ClNO2. The summed E-state index contributed by atoms with van der Waals surface area (Å²) in [6, 6.07) is 4.91. The fourth-order valence-corrected chi connectivity index (χ4v) is 1.83. The van der Waals surface area contributed by atoms with E-state index in [1.165, 1.54) is 4.90 Å². The van der Waals surface area contributed by atoms with Crippen LogP contribution in [-0.4, -0.2) is 23.3 Å². The Morgan fingerprint density at radius 2 is 2.00 bits per heavy atom. The molecule has 1 aromatic carbocycles. The summed E-state index contributed by atoms with van der Waals surface area (Å²) in [5.74, 6) is -0.548. The van der Waals surface area contributed by atoms with Gasteiger partial charge in [-0.2, -0.15) is 0 Å². The first kappa shape index (κ1) is 9.21. The second-order valence-electron chi connectivity index (χ2n) is 3.02. The highest BCUT2D eigenvalue weighted by atomic mass is 35.5. The van der Waals surface area contributed by atoms with Crippen molar-refractivity contribution in [2.24, 2.45) is 0 Å². The van der Waals surface area contributed by atoms with E-state index in [0.717, 1.165) is 0 Å². The maximum absolute atomic E-state index is 11.7. The molecule has 0 bridgehead atoms. The number of carbonyl (C=O) groups is 2. The maximum atomic E-state index is 11.7. The lowest BCUT2D eigenvalue weighted by Gasteiger charge is -2.08. The fraction of sp³-hybridized carbons (Fsp3) is 0.200. The highest BCUT2D eigenvalue weighted by molar-refractivity contribution is 6.37. The van der Waals surface area contributed by atoms with Crippen molar-refractivity contribution in [2.75, 3.05) is 6.54 Å². The summed E-state index contributed by atoms with van der Waals surface area (Å²) in [6.45, 7) is 2.14. The van der Waals surface area contributed by atoms with Gasteiger partial charge >= 0.3 is 0 Å². The number of amides is 2. The molecule has 1 heterocycles. The molecule has 0 N–H and O–H groups in total. The molecule has 1 aliphatic rings. The fourth-order valence-electron chi connectivity index (χ4n) is 1.58. The van der Waals surface area contributed by atoms with Gasteiger partial charge in [-0.05, 0) is 19.1 Å². The minimum atomic E-state index is -0.293. The van der Waals surface area contributed by atoms with Gasteiger partial charge in [-0.3, -0.25) is 14.5 Å². The van der Waals surface area contributed by atoms with Crippen LogP contribution in [0.2, 0.25) is 5.02 Å². The summed E-state index contributed by atoms with van der Waals surface area (Å²) in [6.07, 6.45) is 0. The third-order valence-electron chi connectivity index (χ3n) is 2.26. The van der Waals surface area contributed by atoms with Crippen LogP contribution in [0.3, 0.4) is 0 Å². The molecule has 0 fully saturated rings. The number of rotatable bonds is 1. The van der Waals surface area contributed by atoms with Crippen LogP contribution in [0.5, 0.6) is 0 Å². The topological polar surface area (TPSA) is 37.4 Å². The molecule has 2 rings (SSSR count). The molecule has 72 valence electrons. The third-order valence-corrected chi connectivity index (χ3v) is 2.58. The summed E-state index contributed by atoms with van der Waals surface area (Å²) in [5, 5.41) is 0.344. The molecule has 0 saturated carbocycles. The zero-order valence-corrected chi connectivity index (χ0v) is 8.34. The molecule has 1 aromatic rings. The van der Waals surface area contributed by atoms with Crippen LogP contribution < -0.4 is 0 Å². The van der Waals surface area contributed by atoms with E-state index < -0.39 is 0 Å². The molecule has 3 nitrogen and oxygen atoms in total. The number of hydrogen-bond acceptors (Lipinski definition) is 2. The molecule has 2 amide bonds. The Bertz CT molecular complexity index is 428. The summed E-state index contributed by atoms with van der Waals surface area (Å²) in [7, 11) is 0. The minimum absolute atomic E-state index is 0.255. The van der Waals surface area contributed by atoms with Gasteiger partial charge in [0.05, 0.1) is 16.1 Å². The SMILES string of the molecule is CCN1C(=O)c2cccc(Cl)c2C1=O. The van der Waals surface area contributed by atoms with Gasteiger partial charge in [-0.15, -0.1) is 0 Å². The predicted molar refractivity (Wildman–Crippen MR) is 52.5 cm³/mol. The van der Waals surface area contributed by atoms with Gasteiger partial charge in [0, 0.05) is 6.54 Å². The lowest BCUT2D eigenvalue weighted by molar-refractivity contribution is 0.0663. The van der Waals surface area contributed by atoms with Crippen molar-refractivity contribution in [1.29, 1.82) is 0 Å². The Morgan fingerprint density at radius 3 is 2.57 bits per heavy atom. The van der Waals surface area contributed by atoms with E-state index in [-0.39, 0.29) is 11.8 Å². The molecule has 1 aliphatic heterocycles. The molecule has 0 atom stereocenters. The molecule has 4 heteroatoms. The molecule has 0 unspecified atom stereocenters. The average molecular weight is 210 g/mol. The highest BCUT2D eigenvalue weighted by Gasteiger charge is 2.35. The van der Waals surface area contributed by atoms with Gasteiger partial charge in [0.15, 0.2) is 0 Å². The molecule has 0 spiro atoms. The van der Waals surface area contributed by atoms with E-state index in [1.807, 2.05) is 0 Å². The smallest absolute Gasteiger partial charge is 0.263 e. The molecule has 14 heavy (non-hydrogen) atoms. The van der Waals surface area contributed by atoms with Crippen molar-refractivity contribution in [1.82, 2.24) is 4.90 Å². The molecular weight excluding hydrogens is 202 g/mol. The standard InChI is InChI=1S/C10H8ClNO2/c1-2-12-9(13)6-4-3-5-7(11)8(6)10(12)14/h3-5H,2H2,1H3. The Kier molecular flexibility index (Phi) is 2.04. The quantitative estimate of drug-likeness (QED) is 0.663. The Balaban J connectivity index is 2.64. The van der Waals surface area contributed by atoms with Crippen LogP contribution in [0, 0.1) is 0 Å². The van der Waals surface area contributed by atoms with Crippen LogP contribution in [0.1, 0.15) is 27.6 Å². The van der Waals surface area contributed by atoms with Crippen molar-refractivity contribution < 1.29 is 9.59 Å². The first-order valence-corrected chi connectivity index (χ1v) is 4.69. The molecule has 0 aliphatic carbocycles. The first-order valence-electron chi connectivity index (χ1n) is 4.31. The summed E-state index contributed by atoms with van der Waals surface area (Å²) in [4.78, 5) is 24.5. The predicted octanol–water partition coefficient (Wildman–Crippen LogP) is 1.96. The number of imide groups is 1. The maximum Gasteiger partial charge on any atom is 0.263 e. The van der Waals surface area contributed by atoms with E-state index >= 15 is 0 Å². The Hall–Kier alpha value is -1.35. The van der Waals surface area contributed by atoms with Gasteiger partial charge < -0.3 is 0 Å². The normalized spacial score (nSPS) is 14.9. The van der Waals surface area contributed by atoms with Crippen molar-refractivity contribution in [3.63, 3.8) is 0 Å². The van der Waals surface area contributed by atoms with Crippen LogP contribution in [0.4, 0.5) is 0 Å². The van der Waals surface area contributed by atoms with Crippen molar-refractivity contribution >= 4 is 23.4 Å². The molecule has 0 radical (unpaired) electrons. The number of fused-ring (bicyclic) bond motifs is 1. The Labute approximate surface area is 86.3 Å². The first-order chi connectivity index (χ1) is 6.66. The van der Waals surface area contributed by atoms with E-state index in [4.69, 9.17) is 11.6 Å². The lowest BCUT2D eigenvalue weighted by Crippen LogP contribution is -2.29. The molecule has 0 saturated heterocycles. The van der Waals surface area contributed by atoms with E-state index in [0.29, 0.717) is 22.7 Å². The third kappa shape index (κ3) is 1.06. The second-order valence-corrected chi connectivity index (χ2v) is 3.42. The minimum Gasteiger partial charge on any atom is -0.275 e. The number of hydrogen-bond donors (Lipinski definition) is 0. The number of nitrogens with zero attached hydrogens (tertiary/aromatic N) is 1. The average Bonchev–Trinajstić information content (AvgIpc) is 2.41. The van der Waals surface area contributed by atoms with Gasteiger partial charge in [0.2, 0.25) is 0 Å². The van der Waals surface area contributed by atoms with E-state index in [9.17, 15) is 9.59 Å². The van der Waals surface area contributed by atoms with Crippen molar-refractivity contribution in [2.45, 2.75) is 6.92 Å². The van der Waals surface area contributed by atoms with E-state index in [1.54, 1.807) is 25.1 Å². The number of carbonyl (C=O) groups excluding carboxylic acids is 2. The number of benzene rings is 1. The summed E-state index contributed by atoms with van der Waals surface area (Å²) >= 11 is 5.85. The second kappa shape index (κ2) is 3.10. The van der Waals surface area contributed by atoms with Gasteiger partial charge in [0.25, 0.3) is 11.8 Å². The van der Waals surface area contributed by atoms with Crippen molar-refractivity contribution in [3.05, 3.63) is 34.3 Å². The zero-order valence-electron chi connectivity index (χ0n) is 7.58. The van der Waals surface area contributed by atoms with Gasteiger partial charge in [0.1, 0.15) is 0 Å². The Morgan fingerprint density at radius 1 is 1.29 bits per heavy atom. The van der Waals surface area contributed by atoms with E-state index in [2.05, 4.69) is 0 Å². The largest absolute Gasteiger partial charge is 0.275 e. The summed E-state index contributed by atoms with van der Waals surface area (Å²) in [5.41, 5.74) is 0.741. The van der Waals surface area contributed by atoms with Crippen LogP contribution in [0.15, 0.2) is 18.2 Å². The van der Waals surface area contributed by atoms with Gasteiger partial charge in [-0.1, -0.05) is 17.7 Å². The van der Waals surface area contributed by atoms with Crippen molar-refractivity contribution in [3.8, 4) is 0 Å². The highest BCUT2D eigenvalue weighted by Crippen LogP contribution is 2.28. The lowest BCUT2D eigenvalue weighted by atomic mass is 10.1. The van der Waals surface area contributed by atoms with Gasteiger partial charge in [-0.25, -0.2) is 0 Å². The van der Waals surface area contributed by atoms with Crippen LogP contribution >= 0.6 is 11.6 Å². The van der Waals surface area contributed by atoms with Crippen LogP contribution in [0.25, 0.3) is 0 Å². The van der Waals surface area contributed by atoms with Crippen LogP contribution in [-0.2, 0) is 0 Å².